The van der Waals surface area contributed by atoms with Crippen molar-refractivity contribution in [1.82, 2.24) is 0 Å². The van der Waals surface area contributed by atoms with Crippen molar-refractivity contribution >= 4 is 0 Å². The minimum atomic E-state index is -0.0737. The van der Waals surface area contributed by atoms with Gasteiger partial charge in [-0.2, -0.15) is 5.26 Å². The van der Waals surface area contributed by atoms with Crippen molar-refractivity contribution in [1.29, 1.82) is 5.26 Å². The van der Waals surface area contributed by atoms with Crippen molar-refractivity contribution in [2.75, 3.05) is 0 Å². The topological polar surface area (TPSA) is 49.8 Å². The maximum absolute atomic E-state index is 8.19. The van der Waals surface area contributed by atoms with Gasteiger partial charge in [-0.25, -0.2) is 0 Å². The standard InChI is InChI=1S/C7H12N2/c1-7(2,3)6(9)4-5-8/h4H,9H2,1-3H3/b6-4+. The van der Waals surface area contributed by atoms with E-state index in [2.05, 4.69) is 0 Å². The van der Waals surface area contributed by atoms with Crippen LogP contribution < -0.4 is 5.73 Å². The molecule has 0 aromatic carbocycles. The van der Waals surface area contributed by atoms with Crippen LogP contribution in [0.1, 0.15) is 20.8 Å². The fourth-order valence-corrected chi connectivity index (χ4v) is 0.286. The van der Waals surface area contributed by atoms with Crippen LogP contribution in [0, 0.1) is 16.7 Å². The zero-order chi connectivity index (χ0) is 7.49. The Morgan fingerprint density at radius 1 is 1.56 bits per heavy atom. The Kier molecular flexibility index (Phi) is 2.27. The van der Waals surface area contributed by atoms with Crippen LogP contribution in [-0.4, -0.2) is 0 Å². The number of allylic oxidation sites excluding steroid dienone is 2. The highest BCUT2D eigenvalue weighted by Crippen LogP contribution is 2.19. The molecule has 0 aromatic heterocycles. The van der Waals surface area contributed by atoms with Gasteiger partial charge in [-0.15, -0.1) is 0 Å². The van der Waals surface area contributed by atoms with Crippen LogP contribution in [0.25, 0.3) is 0 Å². The van der Waals surface area contributed by atoms with Gasteiger partial charge in [-0.05, 0) is 0 Å². The summed E-state index contributed by atoms with van der Waals surface area (Å²) < 4.78 is 0. The molecule has 0 bridgehead atoms. The van der Waals surface area contributed by atoms with E-state index < -0.39 is 0 Å². The van der Waals surface area contributed by atoms with E-state index in [1.807, 2.05) is 26.8 Å². The molecule has 0 fully saturated rings. The third kappa shape index (κ3) is 2.76. The van der Waals surface area contributed by atoms with Crippen molar-refractivity contribution in [2.24, 2.45) is 11.1 Å². The quantitative estimate of drug-likeness (QED) is 0.496. The molecule has 2 nitrogen and oxygen atoms in total. The van der Waals surface area contributed by atoms with E-state index in [0.29, 0.717) is 5.70 Å². The number of hydrogen-bond donors (Lipinski definition) is 1. The largest absolute Gasteiger partial charge is 0.401 e. The molecule has 0 rings (SSSR count). The normalized spacial score (nSPS) is 12.9. The van der Waals surface area contributed by atoms with Crippen LogP contribution in [0.2, 0.25) is 0 Å². The van der Waals surface area contributed by atoms with Crippen molar-refractivity contribution in [2.45, 2.75) is 20.8 Å². The molecule has 0 aliphatic rings. The van der Waals surface area contributed by atoms with Gasteiger partial charge in [0.25, 0.3) is 0 Å². The molecule has 0 spiro atoms. The lowest BCUT2D eigenvalue weighted by molar-refractivity contribution is 0.498. The van der Waals surface area contributed by atoms with E-state index in [0.717, 1.165) is 0 Å². The second kappa shape index (κ2) is 2.54. The molecule has 2 N–H and O–H groups in total. The minimum Gasteiger partial charge on any atom is -0.401 e. The van der Waals surface area contributed by atoms with Gasteiger partial charge in [0.15, 0.2) is 0 Å². The first-order chi connectivity index (χ1) is 3.98. The van der Waals surface area contributed by atoms with Crippen molar-refractivity contribution in [3.63, 3.8) is 0 Å². The maximum atomic E-state index is 8.19. The number of nitrogens with zero attached hydrogens (tertiary/aromatic N) is 1. The molecule has 0 aromatic rings. The second-order valence-corrected chi connectivity index (χ2v) is 2.98. The van der Waals surface area contributed by atoms with Crippen LogP contribution in [0.5, 0.6) is 0 Å². The van der Waals surface area contributed by atoms with Crippen LogP contribution in [-0.2, 0) is 0 Å². The van der Waals surface area contributed by atoms with Gasteiger partial charge < -0.3 is 5.73 Å². The Hall–Kier alpha value is -0.970. The minimum absolute atomic E-state index is 0.0737. The Morgan fingerprint density at radius 2 is 2.00 bits per heavy atom. The van der Waals surface area contributed by atoms with Gasteiger partial charge in [0.05, 0.1) is 6.07 Å². The summed E-state index contributed by atoms with van der Waals surface area (Å²) in [5.74, 6) is 0. The second-order valence-electron chi connectivity index (χ2n) is 2.98. The maximum Gasteiger partial charge on any atom is 0.0930 e. The van der Waals surface area contributed by atoms with E-state index in [9.17, 15) is 0 Å². The summed E-state index contributed by atoms with van der Waals surface area (Å²) in [6.07, 6.45) is 1.38. The summed E-state index contributed by atoms with van der Waals surface area (Å²) in [6, 6.07) is 1.89. The molecule has 0 aliphatic carbocycles. The Labute approximate surface area is 56.0 Å². The number of rotatable bonds is 0. The first kappa shape index (κ1) is 8.03. The summed E-state index contributed by atoms with van der Waals surface area (Å²) in [5, 5.41) is 8.19. The molecular weight excluding hydrogens is 112 g/mol. The third-order valence-corrected chi connectivity index (χ3v) is 1.09. The summed E-state index contributed by atoms with van der Waals surface area (Å²) in [7, 11) is 0. The number of hydrogen-bond acceptors (Lipinski definition) is 2. The van der Waals surface area contributed by atoms with Gasteiger partial charge in [0.1, 0.15) is 0 Å². The summed E-state index contributed by atoms with van der Waals surface area (Å²) in [6.45, 7) is 5.91. The molecule has 0 saturated heterocycles. The van der Waals surface area contributed by atoms with E-state index in [1.165, 1.54) is 6.08 Å². The highest BCUT2D eigenvalue weighted by molar-refractivity contribution is 5.15. The molecular formula is C7H12N2. The fraction of sp³-hybridized carbons (Fsp3) is 0.571. The Morgan fingerprint density at radius 3 is 2.11 bits per heavy atom. The average molecular weight is 124 g/mol. The summed E-state index contributed by atoms with van der Waals surface area (Å²) in [4.78, 5) is 0. The number of nitrogens with two attached hydrogens (primary N) is 1. The zero-order valence-corrected chi connectivity index (χ0v) is 6.10. The monoisotopic (exact) mass is 124 g/mol. The van der Waals surface area contributed by atoms with E-state index >= 15 is 0 Å². The lowest BCUT2D eigenvalue weighted by atomic mass is 9.92. The van der Waals surface area contributed by atoms with E-state index in [1.54, 1.807) is 0 Å². The zero-order valence-electron chi connectivity index (χ0n) is 6.10. The van der Waals surface area contributed by atoms with Crippen LogP contribution in [0.15, 0.2) is 11.8 Å². The van der Waals surface area contributed by atoms with Crippen molar-refractivity contribution in [3.8, 4) is 6.07 Å². The van der Waals surface area contributed by atoms with Crippen LogP contribution in [0.4, 0.5) is 0 Å². The molecule has 0 unspecified atom stereocenters. The smallest absolute Gasteiger partial charge is 0.0930 e. The molecule has 0 aliphatic heterocycles. The average Bonchev–Trinajstić information content (AvgIpc) is 1.64. The van der Waals surface area contributed by atoms with Crippen LogP contribution >= 0.6 is 0 Å². The fourth-order valence-electron chi connectivity index (χ4n) is 0.286. The SMILES string of the molecule is CC(C)(C)/C(N)=C\C#N. The predicted molar refractivity (Wildman–Crippen MR) is 37.3 cm³/mol. The first-order valence-electron chi connectivity index (χ1n) is 2.84. The van der Waals surface area contributed by atoms with Crippen molar-refractivity contribution in [3.05, 3.63) is 11.8 Å². The van der Waals surface area contributed by atoms with Gasteiger partial charge in [0, 0.05) is 17.2 Å². The lowest BCUT2D eigenvalue weighted by Crippen LogP contribution is -2.16. The summed E-state index contributed by atoms with van der Waals surface area (Å²) in [5.41, 5.74) is 6.06. The molecule has 0 radical (unpaired) electrons. The molecule has 2 heteroatoms. The molecule has 0 atom stereocenters. The lowest BCUT2D eigenvalue weighted by Gasteiger charge is -2.17. The highest BCUT2D eigenvalue weighted by Gasteiger charge is 2.12. The molecule has 0 amide bonds. The molecule has 0 saturated carbocycles. The van der Waals surface area contributed by atoms with Gasteiger partial charge >= 0.3 is 0 Å². The van der Waals surface area contributed by atoms with Gasteiger partial charge in [-0.3, -0.25) is 0 Å². The Bertz CT molecular complexity index is 155. The highest BCUT2D eigenvalue weighted by atomic mass is 14.6. The summed E-state index contributed by atoms with van der Waals surface area (Å²) >= 11 is 0. The molecule has 0 heterocycles. The van der Waals surface area contributed by atoms with Gasteiger partial charge in [-0.1, -0.05) is 20.8 Å². The van der Waals surface area contributed by atoms with Crippen LogP contribution in [0.3, 0.4) is 0 Å². The number of nitriles is 1. The molecule has 9 heavy (non-hydrogen) atoms. The Balaban J connectivity index is 4.25. The predicted octanol–water partition coefficient (Wildman–Crippen LogP) is 1.40. The first-order valence-corrected chi connectivity index (χ1v) is 2.84. The molecule has 50 valence electrons. The van der Waals surface area contributed by atoms with E-state index in [-0.39, 0.29) is 5.41 Å². The van der Waals surface area contributed by atoms with Crippen molar-refractivity contribution < 1.29 is 0 Å². The third-order valence-electron chi connectivity index (χ3n) is 1.09. The van der Waals surface area contributed by atoms with E-state index in [4.69, 9.17) is 11.0 Å². The van der Waals surface area contributed by atoms with Gasteiger partial charge in [0.2, 0.25) is 0 Å².